The summed E-state index contributed by atoms with van der Waals surface area (Å²) in [7, 11) is -1.24. The van der Waals surface area contributed by atoms with E-state index in [4.69, 9.17) is 21.1 Å². The van der Waals surface area contributed by atoms with Crippen molar-refractivity contribution in [2.45, 2.75) is 81.5 Å². The summed E-state index contributed by atoms with van der Waals surface area (Å²) in [6.07, 6.45) is 11.2. The van der Waals surface area contributed by atoms with Gasteiger partial charge in [-0.05, 0) is 117 Å². The van der Waals surface area contributed by atoms with E-state index in [1.807, 2.05) is 36.9 Å². The van der Waals surface area contributed by atoms with Gasteiger partial charge >= 0.3 is 0 Å². The first kappa shape index (κ1) is 34.4. The van der Waals surface area contributed by atoms with E-state index in [0.29, 0.717) is 31.6 Å². The summed E-state index contributed by atoms with van der Waals surface area (Å²) < 4.78 is 29.9. The molecule has 264 valence electrons. The number of ether oxygens (including phenoxy) is 2. The van der Waals surface area contributed by atoms with Crippen molar-refractivity contribution in [2.75, 3.05) is 44.8 Å². The first-order chi connectivity index (χ1) is 23.4. The summed E-state index contributed by atoms with van der Waals surface area (Å²) in [6, 6.07) is 11.8. The van der Waals surface area contributed by atoms with Crippen molar-refractivity contribution in [3.05, 3.63) is 70.3 Å². The van der Waals surface area contributed by atoms with Crippen molar-refractivity contribution < 1.29 is 23.3 Å². The van der Waals surface area contributed by atoms with E-state index < -0.39 is 21.2 Å². The average molecular weight is 708 g/mol. The van der Waals surface area contributed by atoms with Gasteiger partial charge in [-0.2, -0.15) is 0 Å². The van der Waals surface area contributed by atoms with Gasteiger partial charge < -0.3 is 19.3 Å². The minimum atomic E-state index is -2.99. The normalized spacial score (nSPS) is 35.1. The fraction of sp³-hybridized carbons (Fsp3) is 0.564. The van der Waals surface area contributed by atoms with Gasteiger partial charge in [-0.25, -0.2) is 4.21 Å². The Hall–Kier alpha value is -3.01. The minimum Gasteiger partial charge on any atom is -0.490 e. The van der Waals surface area contributed by atoms with Crippen LogP contribution in [0.25, 0.3) is 0 Å². The zero-order valence-electron chi connectivity index (χ0n) is 29.0. The zero-order valence-corrected chi connectivity index (χ0v) is 30.6. The quantitative estimate of drug-likeness (QED) is 0.303. The number of methoxy groups -OCH3 is 1. The summed E-state index contributed by atoms with van der Waals surface area (Å²) in [5, 5.41) is 0.361. The van der Waals surface area contributed by atoms with Gasteiger partial charge in [0, 0.05) is 54.5 Å². The predicted molar refractivity (Wildman–Crippen MR) is 197 cm³/mol. The molecule has 1 saturated carbocycles. The number of nitrogens with zero attached hydrogens (tertiary/aromatic N) is 2. The molecule has 0 aromatic heterocycles. The highest BCUT2D eigenvalue weighted by atomic mass is 35.5. The molecule has 3 heterocycles. The zero-order chi connectivity index (χ0) is 34.6. The number of allylic oxidation sites excluding steroid dienone is 1. The van der Waals surface area contributed by atoms with Crippen molar-refractivity contribution in [3.8, 4) is 5.75 Å². The lowest BCUT2D eigenvalue weighted by Crippen LogP contribution is -2.55. The van der Waals surface area contributed by atoms with E-state index >= 15 is 0 Å². The molecular formula is C39H50ClN3O5S. The molecule has 7 atom stereocenters. The lowest BCUT2D eigenvalue weighted by molar-refractivity contribution is -0.146. The fourth-order valence-electron chi connectivity index (χ4n) is 8.85. The molecule has 49 heavy (non-hydrogen) atoms. The molecule has 1 saturated heterocycles. The molecule has 1 unspecified atom stereocenters. The van der Waals surface area contributed by atoms with Crippen LogP contribution in [0.3, 0.4) is 0 Å². The van der Waals surface area contributed by atoms with Crippen LogP contribution in [0.15, 0.2) is 48.6 Å². The van der Waals surface area contributed by atoms with Gasteiger partial charge in [0.15, 0.2) is 0 Å². The maximum absolute atomic E-state index is 13.9. The highest BCUT2D eigenvalue weighted by molar-refractivity contribution is 7.99. The molecule has 1 spiro atoms. The van der Waals surface area contributed by atoms with Gasteiger partial charge in [0.25, 0.3) is 5.91 Å². The van der Waals surface area contributed by atoms with Crippen molar-refractivity contribution in [1.82, 2.24) is 9.62 Å². The summed E-state index contributed by atoms with van der Waals surface area (Å²) >= 11 is 6.48. The summed E-state index contributed by atoms with van der Waals surface area (Å²) in [5.41, 5.74) is 2.81. The number of amides is 2. The van der Waals surface area contributed by atoms with Crippen LogP contribution in [-0.2, 0) is 31.1 Å². The van der Waals surface area contributed by atoms with Gasteiger partial charge in [0.05, 0.1) is 34.0 Å². The number of carbonyl (C=O) groups excluding carboxylic acids is 2. The fourth-order valence-corrected chi connectivity index (χ4v) is 10.5. The molecule has 10 heteroatoms. The molecule has 2 fully saturated rings. The second kappa shape index (κ2) is 13.3. The molecule has 8 nitrogen and oxygen atoms in total. The summed E-state index contributed by atoms with van der Waals surface area (Å²) in [4.78, 5) is 31.7. The van der Waals surface area contributed by atoms with Gasteiger partial charge in [0.2, 0.25) is 5.91 Å². The van der Waals surface area contributed by atoms with Crippen LogP contribution in [0.1, 0.15) is 80.3 Å². The third kappa shape index (κ3) is 6.40. The third-order valence-corrected chi connectivity index (χ3v) is 14.8. The highest BCUT2D eigenvalue weighted by Crippen LogP contribution is 2.50. The van der Waals surface area contributed by atoms with E-state index in [2.05, 4.69) is 39.8 Å². The molecule has 2 aromatic rings. The average Bonchev–Trinajstić information content (AvgIpc) is 3.17. The molecular weight excluding hydrogens is 658 g/mol. The maximum Gasteiger partial charge on any atom is 0.262 e. The largest absolute Gasteiger partial charge is 0.490 e. The number of halogens is 1. The Labute approximate surface area is 296 Å². The Kier molecular flexibility index (Phi) is 9.33. The van der Waals surface area contributed by atoms with Gasteiger partial charge in [-0.3, -0.25) is 14.3 Å². The molecule has 2 aliphatic carbocycles. The van der Waals surface area contributed by atoms with Crippen molar-refractivity contribution in [2.24, 2.45) is 17.8 Å². The van der Waals surface area contributed by atoms with E-state index in [9.17, 15) is 13.8 Å². The lowest BCUT2D eigenvalue weighted by atomic mass is 9.62. The Bertz CT molecular complexity index is 1760. The number of rotatable bonds is 3. The number of hydrogen-bond donors (Lipinski definition) is 1. The van der Waals surface area contributed by atoms with E-state index in [-0.39, 0.29) is 34.3 Å². The second-order valence-electron chi connectivity index (χ2n) is 15.3. The molecule has 3 aliphatic heterocycles. The van der Waals surface area contributed by atoms with Crippen LogP contribution in [0.4, 0.5) is 5.69 Å². The molecule has 2 amide bonds. The van der Waals surface area contributed by atoms with E-state index in [0.717, 1.165) is 74.6 Å². The number of benzene rings is 2. The highest BCUT2D eigenvalue weighted by Gasteiger charge is 2.50. The monoisotopic (exact) mass is 707 g/mol. The molecule has 5 aliphatic rings. The number of fused-ring (bicyclic) bond motifs is 4. The van der Waals surface area contributed by atoms with Crippen LogP contribution >= 0.6 is 11.6 Å². The summed E-state index contributed by atoms with van der Waals surface area (Å²) in [5.74, 6) is 4.84. The van der Waals surface area contributed by atoms with Gasteiger partial charge in [0.1, 0.15) is 5.75 Å². The Balaban J connectivity index is 1.32. The number of hydrogen-bond acceptors (Lipinski definition) is 6. The Morgan fingerprint density at radius 2 is 1.98 bits per heavy atom. The molecule has 7 rings (SSSR count). The minimum absolute atomic E-state index is 0.0346. The van der Waals surface area contributed by atoms with E-state index in [1.165, 1.54) is 11.1 Å². The first-order valence-corrected chi connectivity index (χ1v) is 20.1. The van der Waals surface area contributed by atoms with Gasteiger partial charge in [-0.1, -0.05) is 36.7 Å². The standard InChI is InChI=1S/C39H50ClN3O5S/c1-26-8-5-17-39(47-3,22-36(44)42-18-7-19-42)33-13-10-30(33)23-43-24-38(16-6-9-28-20-31(40)12-14-32(28)38)25-48-35-15-11-29(21-34(35)43)37(45)41-49(4,46)27(26)2/h5,11-12,14-15,17,20-21,26-27,30,33H,4,6-10,13,16,18-19,22-25H2,1-3H3,(H,41,45,46)/b17-5+/t26-,27+,30-,33+,38-,39+,49?/m0/s1. The number of nitrogens with one attached hydrogen (secondary N) is 1. The number of aryl methyl sites for hydroxylation is 1. The van der Waals surface area contributed by atoms with E-state index in [1.54, 1.807) is 13.2 Å². The third-order valence-electron chi connectivity index (χ3n) is 12.4. The molecule has 2 aromatic carbocycles. The van der Waals surface area contributed by atoms with Crippen LogP contribution < -0.4 is 14.4 Å². The predicted octanol–water partition coefficient (Wildman–Crippen LogP) is 6.19. The number of anilines is 1. The lowest BCUT2D eigenvalue weighted by Gasteiger charge is -2.51. The van der Waals surface area contributed by atoms with Crippen LogP contribution in [0.2, 0.25) is 5.02 Å². The van der Waals surface area contributed by atoms with Crippen molar-refractivity contribution in [1.29, 1.82) is 0 Å². The van der Waals surface area contributed by atoms with Crippen LogP contribution in [0.5, 0.6) is 5.75 Å². The smallest absolute Gasteiger partial charge is 0.262 e. The number of carbonyl (C=O) groups is 2. The Morgan fingerprint density at radius 1 is 1.16 bits per heavy atom. The molecule has 2 bridgehead atoms. The maximum atomic E-state index is 13.9. The van der Waals surface area contributed by atoms with Crippen LogP contribution in [-0.4, -0.2) is 77.5 Å². The van der Waals surface area contributed by atoms with Gasteiger partial charge in [-0.15, -0.1) is 0 Å². The SMILES string of the molecule is C=S1(=O)NC(=O)c2ccc3c(c2)N(C[C@@H]2CC[C@H]2[C@@](CC(=O)N2CCC2)(OC)/C=C/C[C@H](C)[C@H]1C)C[C@@]1(CCCc2cc(Cl)ccc21)CO3. The second-order valence-corrected chi connectivity index (χ2v) is 18.1. The summed E-state index contributed by atoms with van der Waals surface area (Å²) in [6.45, 7) is 7.48. The van der Waals surface area contributed by atoms with Crippen molar-refractivity contribution >= 4 is 44.7 Å². The Morgan fingerprint density at radius 3 is 2.69 bits per heavy atom. The molecule has 0 radical (unpaired) electrons. The van der Waals surface area contributed by atoms with Crippen molar-refractivity contribution in [3.63, 3.8) is 0 Å². The molecule has 1 N–H and O–H groups in total. The topological polar surface area (TPSA) is 88.2 Å². The number of likely N-dealkylation sites (tertiary alicyclic amines) is 1. The van der Waals surface area contributed by atoms with Crippen LogP contribution in [0, 0.1) is 17.8 Å². The first-order valence-electron chi connectivity index (χ1n) is 17.9.